The molecule has 0 spiro atoms. The summed E-state index contributed by atoms with van der Waals surface area (Å²) in [6, 6.07) is 10.2. The Morgan fingerprint density at radius 1 is 1.21 bits per heavy atom. The minimum absolute atomic E-state index is 0.102. The lowest BCUT2D eigenvalue weighted by atomic mass is 9.86. The van der Waals surface area contributed by atoms with Gasteiger partial charge in [0.25, 0.3) is 0 Å². The third kappa shape index (κ3) is 1.77. The topological polar surface area (TPSA) is 0 Å². The van der Waals surface area contributed by atoms with Crippen LogP contribution in [0.3, 0.4) is 0 Å². The fraction of sp³-hybridized carbons (Fsp3) is 0.231. The number of benzene rings is 1. The third-order valence-electron chi connectivity index (χ3n) is 2.67. The monoisotopic (exact) mass is 188 g/mol. The van der Waals surface area contributed by atoms with Crippen molar-refractivity contribution in [1.82, 2.24) is 0 Å². The normalized spacial score (nSPS) is 21.4. The molecule has 1 heteroatoms. The first-order valence-electron chi connectivity index (χ1n) is 4.86. The van der Waals surface area contributed by atoms with Gasteiger partial charge in [-0.15, -0.1) is 0 Å². The molecule has 0 bridgehead atoms. The highest BCUT2D eigenvalue weighted by Gasteiger charge is 2.15. The number of halogens is 1. The van der Waals surface area contributed by atoms with Crippen molar-refractivity contribution < 1.29 is 4.39 Å². The summed E-state index contributed by atoms with van der Waals surface area (Å²) in [6.45, 7) is 1.99. The fourth-order valence-electron chi connectivity index (χ4n) is 1.88. The van der Waals surface area contributed by atoms with E-state index in [0.29, 0.717) is 5.92 Å². The van der Waals surface area contributed by atoms with Crippen molar-refractivity contribution >= 4 is 0 Å². The van der Waals surface area contributed by atoms with Crippen LogP contribution in [0, 0.1) is 0 Å². The minimum Gasteiger partial charge on any atom is -0.207 e. The highest BCUT2D eigenvalue weighted by Crippen LogP contribution is 2.32. The molecule has 0 saturated carbocycles. The summed E-state index contributed by atoms with van der Waals surface area (Å²) >= 11 is 0. The Labute approximate surface area is 83.8 Å². The van der Waals surface area contributed by atoms with Gasteiger partial charge < -0.3 is 0 Å². The standard InChI is InChI=1S/C13H13F/c1-10-9-12(14)7-8-13(10)11-5-3-2-4-6-11/h2-7,9,13H,8H2,1H3. The highest BCUT2D eigenvalue weighted by atomic mass is 19.1. The van der Waals surface area contributed by atoms with Crippen LogP contribution in [-0.4, -0.2) is 0 Å². The highest BCUT2D eigenvalue weighted by molar-refractivity contribution is 5.35. The van der Waals surface area contributed by atoms with Crippen LogP contribution in [-0.2, 0) is 0 Å². The summed E-state index contributed by atoms with van der Waals surface area (Å²) in [5, 5.41) is 0. The summed E-state index contributed by atoms with van der Waals surface area (Å²) in [5.41, 5.74) is 2.38. The Hall–Kier alpha value is -1.37. The van der Waals surface area contributed by atoms with E-state index in [-0.39, 0.29) is 5.83 Å². The van der Waals surface area contributed by atoms with Gasteiger partial charge in [0.15, 0.2) is 0 Å². The maximum atomic E-state index is 12.9. The van der Waals surface area contributed by atoms with E-state index >= 15 is 0 Å². The zero-order valence-electron chi connectivity index (χ0n) is 8.20. The number of hydrogen-bond acceptors (Lipinski definition) is 0. The van der Waals surface area contributed by atoms with Crippen molar-refractivity contribution in [2.75, 3.05) is 0 Å². The van der Waals surface area contributed by atoms with Crippen LogP contribution in [0.1, 0.15) is 24.8 Å². The first kappa shape index (κ1) is 9.20. The van der Waals surface area contributed by atoms with Crippen LogP contribution >= 0.6 is 0 Å². The van der Waals surface area contributed by atoms with E-state index in [1.165, 1.54) is 5.56 Å². The molecule has 1 aromatic rings. The van der Waals surface area contributed by atoms with Crippen molar-refractivity contribution in [1.29, 1.82) is 0 Å². The summed E-state index contributed by atoms with van der Waals surface area (Å²) in [7, 11) is 0. The molecule has 1 aromatic carbocycles. The third-order valence-corrected chi connectivity index (χ3v) is 2.67. The zero-order valence-corrected chi connectivity index (χ0v) is 8.20. The van der Waals surface area contributed by atoms with Crippen LogP contribution in [0.15, 0.2) is 53.9 Å². The van der Waals surface area contributed by atoms with Crippen molar-refractivity contribution in [2.45, 2.75) is 19.3 Å². The van der Waals surface area contributed by atoms with Crippen molar-refractivity contribution in [3.63, 3.8) is 0 Å². The SMILES string of the molecule is CC1=CC(F)=CCC1c1ccccc1. The van der Waals surface area contributed by atoms with Gasteiger partial charge in [0, 0.05) is 5.92 Å². The molecule has 0 nitrogen and oxygen atoms in total. The van der Waals surface area contributed by atoms with Gasteiger partial charge in [-0.2, -0.15) is 0 Å². The number of hydrogen-bond donors (Lipinski definition) is 0. The van der Waals surface area contributed by atoms with Crippen molar-refractivity contribution in [2.24, 2.45) is 0 Å². The van der Waals surface area contributed by atoms with E-state index in [1.807, 2.05) is 25.1 Å². The zero-order chi connectivity index (χ0) is 9.97. The number of allylic oxidation sites excluding steroid dienone is 4. The van der Waals surface area contributed by atoms with Crippen LogP contribution in [0.4, 0.5) is 4.39 Å². The minimum atomic E-state index is -0.102. The van der Waals surface area contributed by atoms with Gasteiger partial charge in [0.1, 0.15) is 5.83 Å². The predicted octanol–water partition coefficient (Wildman–Crippen LogP) is 3.97. The molecule has 1 aliphatic carbocycles. The summed E-state index contributed by atoms with van der Waals surface area (Å²) in [6.07, 6.45) is 4.06. The Balaban J connectivity index is 2.27. The molecule has 14 heavy (non-hydrogen) atoms. The molecular weight excluding hydrogens is 175 g/mol. The van der Waals surface area contributed by atoms with E-state index < -0.39 is 0 Å². The quantitative estimate of drug-likeness (QED) is 0.625. The Morgan fingerprint density at radius 3 is 2.57 bits per heavy atom. The van der Waals surface area contributed by atoms with Gasteiger partial charge in [-0.3, -0.25) is 0 Å². The lowest BCUT2D eigenvalue weighted by Gasteiger charge is -2.19. The molecule has 72 valence electrons. The van der Waals surface area contributed by atoms with Gasteiger partial charge in [-0.1, -0.05) is 35.9 Å². The lowest BCUT2D eigenvalue weighted by Crippen LogP contribution is -2.02. The lowest BCUT2D eigenvalue weighted by molar-refractivity contribution is 0.634. The van der Waals surface area contributed by atoms with Gasteiger partial charge >= 0.3 is 0 Å². The van der Waals surface area contributed by atoms with Crippen LogP contribution < -0.4 is 0 Å². The van der Waals surface area contributed by atoms with Crippen LogP contribution in [0.25, 0.3) is 0 Å². The first-order valence-corrected chi connectivity index (χ1v) is 4.86. The maximum absolute atomic E-state index is 12.9. The molecule has 1 aliphatic rings. The molecule has 0 N–H and O–H groups in total. The molecule has 0 aromatic heterocycles. The van der Waals surface area contributed by atoms with E-state index in [4.69, 9.17) is 0 Å². The molecule has 0 radical (unpaired) electrons. The van der Waals surface area contributed by atoms with E-state index in [1.54, 1.807) is 12.2 Å². The molecule has 0 heterocycles. The average molecular weight is 188 g/mol. The average Bonchev–Trinajstić information content (AvgIpc) is 2.19. The first-order chi connectivity index (χ1) is 6.77. The second-order valence-electron chi connectivity index (χ2n) is 3.68. The van der Waals surface area contributed by atoms with Gasteiger partial charge in [0.2, 0.25) is 0 Å². The summed E-state index contributed by atoms with van der Waals surface area (Å²) in [5.74, 6) is 0.255. The molecule has 1 atom stereocenters. The van der Waals surface area contributed by atoms with E-state index in [9.17, 15) is 4.39 Å². The molecule has 2 rings (SSSR count). The van der Waals surface area contributed by atoms with E-state index in [2.05, 4.69) is 12.1 Å². The smallest absolute Gasteiger partial charge is 0.119 e. The largest absolute Gasteiger partial charge is 0.207 e. The van der Waals surface area contributed by atoms with Gasteiger partial charge in [-0.25, -0.2) is 4.39 Å². The Kier molecular flexibility index (Phi) is 2.49. The van der Waals surface area contributed by atoms with Crippen LogP contribution in [0.5, 0.6) is 0 Å². The van der Waals surface area contributed by atoms with Crippen molar-refractivity contribution in [3.05, 3.63) is 59.4 Å². The van der Waals surface area contributed by atoms with E-state index in [0.717, 1.165) is 12.0 Å². The van der Waals surface area contributed by atoms with Crippen molar-refractivity contribution in [3.8, 4) is 0 Å². The summed E-state index contributed by atoms with van der Waals surface area (Å²) in [4.78, 5) is 0. The van der Waals surface area contributed by atoms with Crippen LogP contribution in [0.2, 0.25) is 0 Å². The fourth-order valence-corrected chi connectivity index (χ4v) is 1.88. The van der Waals surface area contributed by atoms with Gasteiger partial charge in [0.05, 0.1) is 0 Å². The predicted molar refractivity (Wildman–Crippen MR) is 56.7 cm³/mol. The maximum Gasteiger partial charge on any atom is 0.119 e. The summed E-state index contributed by atoms with van der Waals surface area (Å²) < 4.78 is 12.9. The second kappa shape index (κ2) is 3.79. The second-order valence-corrected chi connectivity index (χ2v) is 3.68. The molecule has 0 amide bonds. The molecule has 0 fully saturated rings. The Morgan fingerprint density at radius 2 is 1.93 bits per heavy atom. The molecular formula is C13H13F. The molecule has 0 saturated heterocycles. The Bertz CT molecular complexity index is 373. The van der Waals surface area contributed by atoms with Gasteiger partial charge in [-0.05, 0) is 31.1 Å². The number of rotatable bonds is 1. The molecule has 1 unspecified atom stereocenters. The molecule has 0 aliphatic heterocycles.